The number of para-hydroxylation sites is 1. The number of nitro benzene ring substituents is 1. The standard InChI is InChI=1S/C13H9NO3.Si/c15-13(10-6-2-1-3-7-10)11-8-4-5-9-12(11)14(16)17;/h1-9H;. The number of carbonyl (C=O) groups is 1. The quantitative estimate of drug-likeness (QED) is 0.366. The lowest BCUT2D eigenvalue weighted by Crippen LogP contribution is -2.04. The zero-order valence-electron chi connectivity index (χ0n) is 9.37. The van der Waals surface area contributed by atoms with Crippen LogP contribution in [0.15, 0.2) is 54.6 Å². The molecule has 0 aliphatic carbocycles. The van der Waals surface area contributed by atoms with Crippen molar-refractivity contribution in [2.45, 2.75) is 0 Å². The van der Waals surface area contributed by atoms with Gasteiger partial charge in [-0.3, -0.25) is 14.9 Å². The molecule has 0 aromatic heterocycles. The second-order valence-corrected chi connectivity index (χ2v) is 3.47. The Bertz CT molecular complexity index is 569. The molecule has 0 fully saturated rings. The van der Waals surface area contributed by atoms with Crippen LogP contribution in [0.2, 0.25) is 0 Å². The van der Waals surface area contributed by atoms with Gasteiger partial charge in [0.15, 0.2) is 5.78 Å². The van der Waals surface area contributed by atoms with E-state index in [1.54, 1.807) is 42.5 Å². The molecule has 4 nitrogen and oxygen atoms in total. The van der Waals surface area contributed by atoms with Crippen molar-refractivity contribution in [3.05, 3.63) is 75.8 Å². The predicted molar refractivity (Wildman–Crippen MR) is 68.7 cm³/mol. The summed E-state index contributed by atoms with van der Waals surface area (Å²) in [7, 11) is 0. The van der Waals surface area contributed by atoms with Crippen molar-refractivity contribution in [3.63, 3.8) is 0 Å². The third-order valence-corrected chi connectivity index (χ3v) is 2.38. The maximum atomic E-state index is 12.1. The van der Waals surface area contributed by atoms with Crippen LogP contribution >= 0.6 is 0 Å². The molecule has 0 amide bonds. The molecule has 4 radical (unpaired) electrons. The zero-order valence-corrected chi connectivity index (χ0v) is 10.4. The van der Waals surface area contributed by atoms with Gasteiger partial charge in [0.05, 0.1) is 4.92 Å². The summed E-state index contributed by atoms with van der Waals surface area (Å²) in [6.45, 7) is 0. The third kappa shape index (κ3) is 2.69. The van der Waals surface area contributed by atoms with E-state index in [0.717, 1.165) is 0 Å². The molecule has 2 aromatic rings. The van der Waals surface area contributed by atoms with Crippen molar-refractivity contribution in [3.8, 4) is 0 Å². The van der Waals surface area contributed by atoms with Crippen LogP contribution in [0, 0.1) is 10.1 Å². The monoisotopic (exact) mass is 255 g/mol. The first-order chi connectivity index (χ1) is 8.20. The largest absolute Gasteiger partial charge is 0.288 e. The summed E-state index contributed by atoms with van der Waals surface area (Å²) in [6.07, 6.45) is 0. The van der Waals surface area contributed by atoms with Gasteiger partial charge >= 0.3 is 0 Å². The van der Waals surface area contributed by atoms with E-state index >= 15 is 0 Å². The number of benzene rings is 2. The molecule has 0 atom stereocenters. The number of hydrogen-bond donors (Lipinski definition) is 0. The second-order valence-electron chi connectivity index (χ2n) is 3.47. The van der Waals surface area contributed by atoms with Crippen LogP contribution in [0.4, 0.5) is 5.69 Å². The highest BCUT2D eigenvalue weighted by Crippen LogP contribution is 2.20. The summed E-state index contributed by atoms with van der Waals surface area (Å²) < 4.78 is 0. The highest BCUT2D eigenvalue weighted by molar-refractivity contribution is 6.11. The van der Waals surface area contributed by atoms with Crippen LogP contribution in [-0.4, -0.2) is 21.7 Å². The smallest absolute Gasteiger partial charge is 0.280 e. The average molecular weight is 255 g/mol. The Labute approximate surface area is 108 Å². The predicted octanol–water partition coefficient (Wildman–Crippen LogP) is 2.45. The molecular weight excluding hydrogens is 246 g/mol. The summed E-state index contributed by atoms with van der Waals surface area (Å²) in [6, 6.07) is 14.5. The highest BCUT2D eigenvalue weighted by atomic mass is 28.1. The minimum Gasteiger partial charge on any atom is -0.288 e. The molecule has 5 heteroatoms. The molecule has 0 aliphatic heterocycles. The van der Waals surface area contributed by atoms with Crippen LogP contribution < -0.4 is 0 Å². The molecule has 0 heterocycles. The van der Waals surface area contributed by atoms with Gasteiger partial charge in [0.2, 0.25) is 0 Å². The SMILES string of the molecule is O=C(c1ccccc1)c1ccccc1[N+](=O)[O-].[Si]. The van der Waals surface area contributed by atoms with Crippen LogP contribution in [-0.2, 0) is 0 Å². The molecule has 2 rings (SSSR count). The van der Waals surface area contributed by atoms with Crippen molar-refractivity contribution in [2.75, 3.05) is 0 Å². The van der Waals surface area contributed by atoms with Gasteiger partial charge < -0.3 is 0 Å². The fraction of sp³-hybridized carbons (Fsp3) is 0. The van der Waals surface area contributed by atoms with Gasteiger partial charge in [-0.05, 0) is 6.07 Å². The molecule has 0 aliphatic rings. The van der Waals surface area contributed by atoms with Gasteiger partial charge in [-0.2, -0.15) is 0 Å². The summed E-state index contributed by atoms with van der Waals surface area (Å²) >= 11 is 0. The Morgan fingerprint density at radius 1 is 0.944 bits per heavy atom. The Kier molecular flexibility index (Phi) is 4.50. The zero-order chi connectivity index (χ0) is 12.3. The number of hydrogen-bond acceptors (Lipinski definition) is 3. The topological polar surface area (TPSA) is 60.2 Å². The molecule has 88 valence electrons. The Hall–Kier alpha value is -2.27. The van der Waals surface area contributed by atoms with Gasteiger partial charge in [0.1, 0.15) is 5.56 Å². The van der Waals surface area contributed by atoms with Crippen molar-refractivity contribution >= 4 is 22.4 Å². The maximum absolute atomic E-state index is 12.1. The van der Waals surface area contributed by atoms with Crippen molar-refractivity contribution in [1.82, 2.24) is 0 Å². The molecule has 0 saturated carbocycles. The summed E-state index contributed by atoms with van der Waals surface area (Å²) in [5.74, 6) is -0.335. The van der Waals surface area contributed by atoms with Gasteiger partial charge in [0, 0.05) is 22.6 Å². The van der Waals surface area contributed by atoms with Crippen molar-refractivity contribution < 1.29 is 9.72 Å². The minimum absolute atomic E-state index is 0. The van der Waals surface area contributed by atoms with E-state index in [-0.39, 0.29) is 28.0 Å². The lowest BCUT2D eigenvalue weighted by molar-refractivity contribution is -0.385. The van der Waals surface area contributed by atoms with E-state index in [2.05, 4.69) is 0 Å². The van der Waals surface area contributed by atoms with E-state index in [1.165, 1.54) is 12.1 Å². The second kappa shape index (κ2) is 5.88. The van der Waals surface area contributed by atoms with E-state index < -0.39 is 4.92 Å². The van der Waals surface area contributed by atoms with Crippen LogP contribution in [0.5, 0.6) is 0 Å². The Morgan fingerprint density at radius 3 is 2.11 bits per heavy atom. The number of carbonyl (C=O) groups excluding carboxylic acids is 1. The van der Waals surface area contributed by atoms with Crippen LogP contribution in [0.1, 0.15) is 15.9 Å². The number of ketones is 1. The van der Waals surface area contributed by atoms with E-state index in [0.29, 0.717) is 5.56 Å². The van der Waals surface area contributed by atoms with E-state index in [1.807, 2.05) is 0 Å². The van der Waals surface area contributed by atoms with Crippen LogP contribution in [0.3, 0.4) is 0 Å². The summed E-state index contributed by atoms with van der Waals surface area (Å²) in [5.41, 5.74) is 0.395. The highest BCUT2D eigenvalue weighted by Gasteiger charge is 2.19. The van der Waals surface area contributed by atoms with Gasteiger partial charge in [-0.25, -0.2) is 0 Å². The lowest BCUT2D eigenvalue weighted by Gasteiger charge is -2.01. The first-order valence-corrected chi connectivity index (χ1v) is 5.03. The third-order valence-electron chi connectivity index (χ3n) is 2.38. The average Bonchev–Trinajstić information content (AvgIpc) is 2.39. The molecule has 0 bridgehead atoms. The molecule has 0 unspecified atom stereocenters. The fourth-order valence-corrected chi connectivity index (χ4v) is 1.57. The van der Waals surface area contributed by atoms with Gasteiger partial charge in [-0.1, -0.05) is 42.5 Å². The van der Waals surface area contributed by atoms with Crippen molar-refractivity contribution in [2.24, 2.45) is 0 Å². The number of nitrogens with zero attached hydrogens (tertiary/aromatic N) is 1. The lowest BCUT2D eigenvalue weighted by atomic mass is 10.0. The van der Waals surface area contributed by atoms with Gasteiger partial charge in [-0.15, -0.1) is 0 Å². The van der Waals surface area contributed by atoms with Gasteiger partial charge in [0.25, 0.3) is 5.69 Å². The molecule has 0 spiro atoms. The summed E-state index contributed by atoms with van der Waals surface area (Å²) in [5, 5.41) is 10.8. The molecule has 0 N–H and O–H groups in total. The van der Waals surface area contributed by atoms with E-state index in [9.17, 15) is 14.9 Å². The summed E-state index contributed by atoms with van der Waals surface area (Å²) in [4.78, 5) is 22.3. The Morgan fingerprint density at radius 2 is 1.50 bits per heavy atom. The number of nitro groups is 1. The van der Waals surface area contributed by atoms with Crippen LogP contribution in [0.25, 0.3) is 0 Å². The normalized spacial score (nSPS) is 9.33. The maximum Gasteiger partial charge on any atom is 0.280 e. The first-order valence-electron chi connectivity index (χ1n) is 5.03. The number of rotatable bonds is 3. The molecule has 2 aromatic carbocycles. The first kappa shape index (κ1) is 13.8. The van der Waals surface area contributed by atoms with Crippen molar-refractivity contribution in [1.29, 1.82) is 0 Å². The Balaban J connectivity index is 0.00000162. The minimum atomic E-state index is -0.545. The molecular formula is C13H9NO3Si. The fourth-order valence-electron chi connectivity index (χ4n) is 1.57. The molecule has 18 heavy (non-hydrogen) atoms. The molecule has 0 saturated heterocycles. The van der Waals surface area contributed by atoms with E-state index in [4.69, 9.17) is 0 Å².